The number of hydrogen-bond donors (Lipinski definition) is 1. The van der Waals surface area contributed by atoms with Crippen molar-refractivity contribution in [2.24, 2.45) is 0 Å². The number of pyridine rings is 1. The van der Waals surface area contributed by atoms with Crippen LogP contribution in [0.25, 0.3) is 11.0 Å². The van der Waals surface area contributed by atoms with Gasteiger partial charge in [0.05, 0.1) is 6.54 Å². The van der Waals surface area contributed by atoms with Crippen LogP contribution in [0.4, 0.5) is 0 Å². The predicted molar refractivity (Wildman–Crippen MR) is 56.1 cm³/mol. The van der Waals surface area contributed by atoms with Crippen LogP contribution in [0, 0.1) is 0 Å². The molecular formula is C11H10N2O2. The fourth-order valence-corrected chi connectivity index (χ4v) is 1.27. The summed E-state index contributed by atoms with van der Waals surface area (Å²) < 4.78 is 5.47. The largest absolute Gasteiger partial charge is 0.459 e. The first-order valence-electron chi connectivity index (χ1n) is 4.52. The zero-order valence-corrected chi connectivity index (χ0v) is 8.06. The molecule has 0 atom stereocenters. The minimum absolute atomic E-state index is 0.214. The molecular weight excluding hydrogens is 192 g/mol. The molecule has 0 aliphatic carbocycles. The highest BCUT2D eigenvalue weighted by Crippen LogP contribution is 2.17. The van der Waals surface area contributed by atoms with E-state index in [4.69, 9.17) is 4.42 Å². The first-order chi connectivity index (χ1) is 7.29. The Bertz CT molecular complexity index is 469. The smallest absolute Gasteiger partial charge is 0.243 e. The van der Waals surface area contributed by atoms with Crippen molar-refractivity contribution < 1.29 is 9.21 Å². The Morgan fingerprint density at radius 2 is 2.53 bits per heavy atom. The number of carbonyl (C=O) groups is 1. The van der Waals surface area contributed by atoms with Crippen LogP contribution in [0.3, 0.4) is 0 Å². The summed E-state index contributed by atoms with van der Waals surface area (Å²) in [6.07, 6.45) is 4.61. The molecule has 2 heterocycles. The van der Waals surface area contributed by atoms with E-state index in [1.54, 1.807) is 18.5 Å². The number of nitrogens with one attached hydrogen (secondary N) is 1. The molecule has 15 heavy (non-hydrogen) atoms. The van der Waals surface area contributed by atoms with Gasteiger partial charge in [-0.3, -0.25) is 9.78 Å². The van der Waals surface area contributed by atoms with Crippen LogP contribution in [0.15, 0.2) is 41.6 Å². The lowest BCUT2D eigenvalue weighted by Gasteiger charge is -1.96. The van der Waals surface area contributed by atoms with Crippen LogP contribution in [-0.2, 0) is 11.3 Å². The minimum atomic E-state index is -0.214. The van der Waals surface area contributed by atoms with E-state index in [0.29, 0.717) is 12.3 Å². The number of amides is 1. The topological polar surface area (TPSA) is 55.1 Å². The molecule has 0 spiro atoms. The molecule has 4 heteroatoms. The average Bonchev–Trinajstić information content (AvgIpc) is 2.68. The third-order valence-corrected chi connectivity index (χ3v) is 1.99. The van der Waals surface area contributed by atoms with E-state index in [0.717, 1.165) is 11.0 Å². The summed E-state index contributed by atoms with van der Waals surface area (Å²) in [5, 5.41) is 3.57. The van der Waals surface area contributed by atoms with Gasteiger partial charge in [0.1, 0.15) is 11.3 Å². The van der Waals surface area contributed by atoms with Crippen molar-refractivity contribution in [1.82, 2.24) is 10.3 Å². The number of fused-ring (bicyclic) bond motifs is 1. The SMILES string of the molecule is C=CC(=O)NCc1cc2cnccc2o1. The maximum atomic E-state index is 10.9. The van der Waals surface area contributed by atoms with Gasteiger partial charge in [-0.1, -0.05) is 6.58 Å². The van der Waals surface area contributed by atoms with E-state index in [-0.39, 0.29) is 5.91 Å². The monoisotopic (exact) mass is 202 g/mol. The standard InChI is InChI=1S/C11H10N2O2/c1-2-11(14)13-7-9-5-8-6-12-4-3-10(8)15-9/h2-6H,1,7H2,(H,13,14). The van der Waals surface area contributed by atoms with E-state index in [2.05, 4.69) is 16.9 Å². The van der Waals surface area contributed by atoms with Crippen molar-refractivity contribution >= 4 is 16.9 Å². The number of furan rings is 1. The number of hydrogen-bond acceptors (Lipinski definition) is 3. The summed E-state index contributed by atoms with van der Waals surface area (Å²) in [5.41, 5.74) is 0.771. The van der Waals surface area contributed by atoms with Gasteiger partial charge in [0, 0.05) is 17.8 Å². The molecule has 0 aliphatic heterocycles. The van der Waals surface area contributed by atoms with E-state index in [9.17, 15) is 4.79 Å². The zero-order valence-electron chi connectivity index (χ0n) is 8.06. The number of carbonyl (C=O) groups excluding carboxylic acids is 1. The number of aromatic nitrogens is 1. The van der Waals surface area contributed by atoms with E-state index in [1.165, 1.54) is 6.08 Å². The van der Waals surface area contributed by atoms with Gasteiger partial charge in [-0.05, 0) is 18.2 Å². The average molecular weight is 202 g/mol. The molecule has 0 saturated heterocycles. The van der Waals surface area contributed by atoms with Gasteiger partial charge in [-0.25, -0.2) is 0 Å². The molecule has 0 fully saturated rings. The highest BCUT2D eigenvalue weighted by molar-refractivity contribution is 5.86. The molecule has 0 radical (unpaired) electrons. The maximum absolute atomic E-state index is 10.9. The molecule has 0 bridgehead atoms. The normalized spacial score (nSPS) is 10.1. The Kier molecular flexibility index (Phi) is 2.49. The summed E-state index contributed by atoms with van der Waals surface area (Å²) in [6.45, 7) is 3.72. The molecule has 1 amide bonds. The quantitative estimate of drug-likeness (QED) is 0.769. The summed E-state index contributed by atoms with van der Waals surface area (Å²) in [7, 11) is 0. The summed E-state index contributed by atoms with van der Waals surface area (Å²) in [5.74, 6) is 0.488. The summed E-state index contributed by atoms with van der Waals surface area (Å²) in [4.78, 5) is 14.9. The molecule has 2 aromatic heterocycles. The molecule has 0 aromatic carbocycles. The van der Waals surface area contributed by atoms with Crippen molar-refractivity contribution in [1.29, 1.82) is 0 Å². The second-order valence-corrected chi connectivity index (χ2v) is 3.05. The molecule has 2 aromatic rings. The number of rotatable bonds is 3. The van der Waals surface area contributed by atoms with Crippen molar-refractivity contribution in [2.45, 2.75) is 6.54 Å². The zero-order chi connectivity index (χ0) is 10.7. The fourth-order valence-electron chi connectivity index (χ4n) is 1.27. The van der Waals surface area contributed by atoms with Crippen LogP contribution in [0.2, 0.25) is 0 Å². The molecule has 76 valence electrons. The highest BCUT2D eigenvalue weighted by Gasteiger charge is 2.03. The molecule has 1 N–H and O–H groups in total. The second-order valence-electron chi connectivity index (χ2n) is 3.05. The Balaban J connectivity index is 2.15. The van der Waals surface area contributed by atoms with Gasteiger partial charge in [0.2, 0.25) is 5.91 Å². The fraction of sp³-hybridized carbons (Fsp3) is 0.0909. The van der Waals surface area contributed by atoms with Crippen LogP contribution >= 0.6 is 0 Å². The number of nitrogens with zero attached hydrogens (tertiary/aromatic N) is 1. The Hall–Kier alpha value is -2.10. The third-order valence-electron chi connectivity index (χ3n) is 1.99. The molecule has 0 saturated carbocycles. The Labute approximate surface area is 86.6 Å². The second kappa shape index (κ2) is 3.96. The van der Waals surface area contributed by atoms with Crippen LogP contribution in [0.1, 0.15) is 5.76 Å². The van der Waals surface area contributed by atoms with Gasteiger partial charge in [0.25, 0.3) is 0 Å². The first-order valence-corrected chi connectivity index (χ1v) is 4.52. The van der Waals surface area contributed by atoms with Gasteiger partial charge in [-0.15, -0.1) is 0 Å². The molecule has 0 aliphatic rings. The van der Waals surface area contributed by atoms with Gasteiger partial charge in [-0.2, -0.15) is 0 Å². The van der Waals surface area contributed by atoms with Crippen molar-refractivity contribution in [2.75, 3.05) is 0 Å². The summed E-state index contributed by atoms with van der Waals surface area (Å²) >= 11 is 0. The Morgan fingerprint density at radius 1 is 1.67 bits per heavy atom. The van der Waals surface area contributed by atoms with Crippen LogP contribution in [-0.4, -0.2) is 10.9 Å². The van der Waals surface area contributed by atoms with Gasteiger partial charge in [0.15, 0.2) is 0 Å². The van der Waals surface area contributed by atoms with Gasteiger partial charge >= 0.3 is 0 Å². The molecule has 0 unspecified atom stereocenters. The Morgan fingerprint density at radius 3 is 3.27 bits per heavy atom. The minimum Gasteiger partial charge on any atom is -0.459 e. The third kappa shape index (κ3) is 2.04. The summed E-state index contributed by atoms with van der Waals surface area (Å²) in [6, 6.07) is 3.64. The highest BCUT2D eigenvalue weighted by atomic mass is 16.3. The van der Waals surface area contributed by atoms with E-state index in [1.807, 2.05) is 6.07 Å². The molecule has 2 rings (SSSR count). The van der Waals surface area contributed by atoms with E-state index >= 15 is 0 Å². The lowest BCUT2D eigenvalue weighted by Crippen LogP contribution is -2.19. The van der Waals surface area contributed by atoms with Gasteiger partial charge < -0.3 is 9.73 Å². The predicted octanol–water partition coefficient (Wildman–Crippen LogP) is 1.63. The van der Waals surface area contributed by atoms with Crippen molar-refractivity contribution in [3.8, 4) is 0 Å². The van der Waals surface area contributed by atoms with Crippen LogP contribution < -0.4 is 5.32 Å². The van der Waals surface area contributed by atoms with Crippen LogP contribution in [0.5, 0.6) is 0 Å². The lowest BCUT2D eigenvalue weighted by atomic mass is 10.3. The van der Waals surface area contributed by atoms with Crippen molar-refractivity contribution in [3.63, 3.8) is 0 Å². The first kappa shape index (κ1) is 9.45. The maximum Gasteiger partial charge on any atom is 0.243 e. The molecule has 4 nitrogen and oxygen atoms in total. The lowest BCUT2D eigenvalue weighted by molar-refractivity contribution is -0.116. The van der Waals surface area contributed by atoms with E-state index < -0.39 is 0 Å². The van der Waals surface area contributed by atoms with Crippen molar-refractivity contribution in [3.05, 3.63) is 42.9 Å².